The van der Waals surface area contributed by atoms with E-state index in [0.29, 0.717) is 13.0 Å². The highest BCUT2D eigenvalue weighted by Crippen LogP contribution is 2.00. The second-order valence-corrected chi connectivity index (χ2v) is 3.28. The lowest BCUT2D eigenvalue weighted by molar-refractivity contribution is -0.120. The molecular weight excluding hydrogens is 192 g/mol. The fourth-order valence-corrected chi connectivity index (χ4v) is 1.30. The van der Waals surface area contributed by atoms with E-state index >= 15 is 0 Å². The molecule has 5 nitrogen and oxygen atoms in total. The summed E-state index contributed by atoms with van der Waals surface area (Å²) in [6.45, 7) is 4.47. The van der Waals surface area contributed by atoms with Gasteiger partial charge in [-0.2, -0.15) is 0 Å². The summed E-state index contributed by atoms with van der Waals surface area (Å²) in [7, 11) is 1.65. The Labute approximate surface area is 89.9 Å². The first-order chi connectivity index (χ1) is 7.27. The van der Waals surface area contributed by atoms with Crippen molar-refractivity contribution in [1.82, 2.24) is 20.2 Å². The van der Waals surface area contributed by atoms with Gasteiger partial charge in [-0.25, -0.2) is 4.98 Å². The number of amides is 1. The Balaban J connectivity index is 2.45. The Morgan fingerprint density at radius 2 is 2.40 bits per heavy atom. The number of aryl methyl sites for hydroxylation is 1. The molecule has 2 N–H and O–H groups in total. The second kappa shape index (κ2) is 6.19. The average molecular weight is 210 g/mol. The fraction of sp³-hybridized carbons (Fsp3) is 0.600. The topological polar surface area (TPSA) is 59.0 Å². The molecule has 0 bridgehead atoms. The van der Waals surface area contributed by atoms with Gasteiger partial charge in [0.15, 0.2) is 0 Å². The number of hydrogen-bond acceptors (Lipinski definition) is 3. The van der Waals surface area contributed by atoms with Crippen LogP contribution in [0.2, 0.25) is 0 Å². The molecule has 0 radical (unpaired) electrons. The zero-order valence-electron chi connectivity index (χ0n) is 9.29. The van der Waals surface area contributed by atoms with Gasteiger partial charge in [0.2, 0.25) is 5.91 Å². The van der Waals surface area contributed by atoms with Gasteiger partial charge < -0.3 is 15.2 Å². The molecule has 1 amide bonds. The van der Waals surface area contributed by atoms with Crippen molar-refractivity contribution in [2.45, 2.75) is 26.4 Å². The van der Waals surface area contributed by atoms with Crippen molar-refractivity contribution in [2.75, 3.05) is 13.6 Å². The van der Waals surface area contributed by atoms with Crippen LogP contribution >= 0.6 is 0 Å². The fourth-order valence-electron chi connectivity index (χ4n) is 1.30. The quantitative estimate of drug-likeness (QED) is 0.701. The molecule has 0 aliphatic heterocycles. The van der Waals surface area contributed by atoms with Crippen molar-refractivity contribution in [3.05, 3.63) is 18.2 Å². The van der Waals surface area contributed by atoms with Crippen LogP contribution in [0.4, 0.5) is 0 Å². The zero-order valence-corrected chi connectivity index (χ0v) is 9.29. The van der Waals surface area contributed by atoms with E-state index in [1.54, 1.807) is 13.4 Å². The van der Waals surface area contributed by atoms with Gasteiger partial charge in [0, 0.05) is 32.8 Å². The summed E-state index contributed by atoms with van der Waals surface area (Å²) < 4.78 is 2.00. The van der Waals surface area contributed by atoms with Crippen molar-refractivity contribution in [1.29, 1.82) is 0 Å². The third kappa shape index (κ3) is 3.71. The molecule has 1 aromatic rings. The lowest BCUT2D eigenvalue weighted by Crippen LogP contribution is -2.21. The number of nitrogens with zero attached hydrogens (tertiary/aromatic N) is 2. The number of imidazole rings is 1. The third-order valence-corrected chi connectivity index (χ3v) is 2.21. The Hall–Kier alpha value is -1.36. The lowest BCUT2D eigenvalue weighted by Gasteiger charge is -2.07. The molecule has 84 valence electrons. The van der Waals surface area contributed by atoms with Gasteiger partial charge >= 0.3 is 0 Å². The lowest BCUT2D eigenvalue weighted by atomic mass is 10.3. The van der Waals surface area contributed by atoms with Gasteiger partial charge in [0.1, 0.15) is 0 Å². The van der Waals surface area contributed by atoms with Gasteiger partial charge in [-0.05, 0) is 6.54 Å². The predicted octanol–water partition coefficient (Wildman–Crippen LogP) is 0.129. The van der Waals surface area contributed by atoms with Crippen LogP contribution in [0.1, 0.15) is 19.0 Å². The number of aromatic nitrogens is 2. The maximum atomic E-state index is 11.1. The van der Waals surface area contributed by atoms with Crippen LogP contribution in [0, 0.1) is 0 Å². The predicted molar refractivity (Wildman–Crippen MR) is 58.3 cm³/mol. The minimum absolute atomic E-state index is 0.0538. The Kier molecular flexibility index (Phi) is 4.83. The van der Waals surface area contributed by atoms with Gasteiger partial charge in [-0.15, -0.1) is 0 Å². The molecule has 0 aliphatic carbocycles. The Morgan fingerprint density at radius 1 is 1.60 bits per heavy atom. The summed E-state index contributed by atoms with van der Waals surface area (Å²) in [4.78, 5) is 15.1. The smallest absolute Gasteiger partial charge is 0.221 e. The molecule has 0 spiro atoms. The van der Waals surface area contributed by atoms with Crippen LogP contribution in [-0.2, 0) is 17.9 Å². The molecule has 1 rings (SSSR count). The first kappa shape index (κ1) is 11.7. The maximum absolute atomic E-state index is 11.1. The van der Waals surface area contributed by atoms with Crippen LogP contribution in [0.25, 0.3) is 0 Å². The minimum Gasteiger partial charge on any atom is -0.359 e. The van der Waals surface area contributed by atoms with Crippen molar-refractivity contribution in [3.63, 3.8) is 0 Å². The van der Waals surface area contributed by atoms with Crippen LogP contribution in [-0.4, -0.2) is 29.1 Å². The van der Waals surface area contributed by atoms with Gasteiger partial charge in [0.05, 0.1) is 12.0 Å². The maximum Gasteiger partial charge on any atom is 0.221 e. The van der Waals surface area contributed by atoms with E-state index in [0.717, 1.165) is 18.8 Å². The van der Waals surface area contributed by atoms with Gasteiger partial charge in [0.25, 0.3) is 0 Å². The third-order valence-electron chi connectivity index (χ3n) is 2.21. The summed E-state index contributed by atoms with van der Waals surface area (Å²) in [5.74, 6) is 0.0538. The first-order valence-electron chi connectivity index (χ1n) is 5.18. The number of carbonyl (C=O) groups excluding carboxylic acids is 1. The van der Waals surface area contributed by atoms with E-state index in [2.05, 4.69) is 22.5 Å². The highest BCUT2D eigenvalue weighted by Gasteiger charge is 2.03. The molecule has 5 heteroatoms. The average Bonchev–Trinajstić information content (AvgIpc) is 2.70. The van der Waals surface area contributed by atoms with Crippen LogP contribution in [0.15, 0.2) is 12.5 Å². The number of carbonyl (C=O) groups is 1. The molecule has 0 atom stereocenters. The van der Waals surface area contributed by atoms with E-state index in [-0.39, 0.29) is 5.91 Å². The summed E-state index contributed by atoms with van der Waals surface area (Å²) in [5.41, 5.74) is 1.11. The van der Waals surface area contributed by atoms with E-state index in [1.807, 2.05) is 10.8 Å². The van der Waals surface area contributed by atoms with E-state index in [1.165, 1.54) is 0 Å². The second-order valence-electron chi connectivity index (χ2n) is 3.28. The van der Waals surface area contributed by atoms with Crippen LogP contribution in [0.5, 0.6) is 0 Å². The highest BCUT2D eigenvalue weighted by molar-refractivity contribution is 5.75. The largest absolute Gasteiger partial charge is 0.359 e. The van der Waals surface area contributed by atoms with E-state index in [4.69, 9.17) is 0 Å². The van der Waals surface area contributed by atoms with Gasteiger partial charge in [-0.1, -0.05) is 6.92 Å². The Morgan fingerprint density at radius 3 is 3.07 bits per heavy atom. The summed E-state index contributed by atoms with van der Waals surface area (Å²) >= 11 is 0. The van der Waals surface area contributed by atoms with Crippen molar-refractivity contribution in [2.24, 2.45) is 0 Å². The highest BCUT2D eigenvalue weighted by atomic mass is 16.1. The number of hydrogen-bond donors (Lipinski definition) is 2. The molecule has 0 fully saturated rings. The molecule has 0 unspecified atom stereocenters. The number of rotatable bonds is 6. The summed E-state index contributed by atoms with van der Waals surface area (Å²) in [6, 6.07) is 0. The molecule has 0 saturated heterocycles. The van der Waals surface area contributed by atoms with Crippen molar-refractivity contribution in [3.8, 4) is 0 Å². The number of nitrogens with one attached hydrogen (secondary N) is 2. The standard InChI is InChI=1S/C10H18N4O/c1-3-12-6-9-7-13-8-14(9)5-4-10(15)11-2/h7-8,12H,3-6H2,1-2H3,(H,11,15). The molecular formula is C10H18N4O. The molecule has 1 heterocycles. The molecule has 0 saturated carbocycles. The monoisotopic (exact) mass is 210 g/mol. The normalized spacial score (nSPS) is 10.3. The molecule has 0 aliphatic rings. The van der Waals surface area contributed by atoms with Gasteiger partial charge in [-0.3, -0.25) is 4.79 Å². The minimum atomic E-state index is 0.0538. The Bertz CT molecular complexity index is 308. The zero-order chi connectivity index (χ0) is 11.1. The van der Waals surface area contributed by atoms with E-state index < -0.39 is 0 Å². The molecule has 0 aromatic carbocycles. The SMILES string of the molecule is CCNCc1cncn1CCC(=O)NC. The van der Waals surface area contributed by atoms with Crippen LogP contribution < -0.4 is 10.6 Å². The van der Waals surface area contributed by atoms with Crippen molar-refractivity contribution < 1.29 is 4.79 Å². The molecule has 15 heavy (non-hydrogen) atoms. The summed E-state index contributed by atoms with van der Waals surface area (Å²) in [6.07, 6.45) is 4.08. The van der Waals surface area contributed by atoms with Crippen molar-refractivity contribution >= 4 is 5.91 Å². The summed E-state index contributed by atoms with van der Waals surface area (Å²) in [5, 5.41) is 5.83. The van der Waals surface area contributed by atoms with Crippen LogP contribution in [0.3, 0.4) is 0 Å². The first-order valence-corrected chi connectivity index (χ1v) is 5.18. The van der Waals surface area contributed by atoms with E-state index in [9.17, 15) is 4.79 Å². The molecule has 1 aromatic heterocycles.